The lowest BCUT2D eigenvalue weighted by Crippen LogP contribution is -2.54. The Morgan fingerprint density at radius 1 is 0.933 bits per heavy atom. The molecule has 7 heteroatoms. The summed E-state index contributed by atoms with van der Waals surface area (Å²) in [5.74, 6) is 0.0813. The van der Waals surface area contributed by atoms with E-state index in [0.717, 1.165) is 42.6 Å². The molecule has 2 saturated heterocycles. The molecule has 2 aromatic rings. The fourth-order valence-electron chi connectivity index (χ4n) is 4.17. The Bertz CT molecular complexity index is 867. The average Bonchev–Trinajstić information content (AvgIpc) is 3.26. The van der Waals surface area contributed by atoms with Crippen LogP contribution in [0.15, 0.2) is 59.1 Å². The number of nitrogens with one attached hydrogen (secondary N) is 1. The molecule has 2 aliphatic rings. The molecule has 1 atom stereocenters. The van der Waals surface area contributed by atoms with E-state index in [1.165, 1.54) is 5.56 Å². The third-order valence-electron chi connectivity index (χ3n) is 5.83. The van der Waals surface area contributed by atoms with Crippen molar-refractivity contribution in [2.24, 2.45) is 0 Å². The van der Waals surface area contributed by atoms with Gasteiger partial charge in [-0.1, -0.05) is 46.3 Å². The van der Waals surface area contributed by atoms with Crippen LogP contribution in [-0.4, -0.2) is 65.4 Å². The first-order chi connectivity index (χ1) is 14.6. The first-order valence-electron chi connectivity index (χ1n) is 10.5. The van der Waals surface area contributed by atoms with Gasteiger partial charge in [0.15, 0.2) is 0 Å². The van der Waals surface area contributed by atoms with Crippen molar-refractivity contribution in [3.05, 3.63) is 64.6 Å². The average molecular weight is 471 g/mol. The highest BCUT2D eigenvalue weighted by Gasteiger charge is 2.37. The molecule has 30 heavy (non-hydrogen) atoms. The van der Waals surface area contributed by atoms with Gasteiger partial charge >= 0.3 is 6.03 Å². The number of hydrogen-bond donors (Lipinski definition) is 1. The van der Waals surface area contributed by atoms with Gasteiger partial charge in [-0.2, -0.15) is 0 Å². The number of carbonyl (C=O) groups excluding carboxylic acids is 2. The molecule has 2 heterocycles. The number of likely N-dealkylation sites (tertiary alicyclic amines) is 1. The minimum absolute atomic E-state index is 0.0813. The van der Waals surface area contributed by atoms with E-state index in [2.05, 4.69) is 50.4 Å². The van der Waals surface area contributed by atoms with Gasteiger partial charge in [-0.25, -0.2) is 4.79 Å². The van der Waals surface area contributed by atoms with Gasteiger partial charge in [-0.15, -0.1) is 0 Å². The van der Waals surface area contributed by atoms with E-state index in [1.54, 1.807) is 4.90 Å². The van der Waals surface area contributed by atoms with Crippen LogP contribution in [0.3, 0.4) is 0 Å². The zero-order chi connectivity index (χ0) is 20.9. The van der Waals surface area contributed by atoms with E-state index in [1.807, 2.05) is 35.2 Å². The Morgan fingerprint density at radius 3 is 2.33 bits per heavy atom. The molecule has 0 aliphatic carbocycles. The van der Waals surface area contributed by atoms with Crippen LogP contribution < -0.4 is 5.32 Å². The molecule has 158 valence electrons. The van der Waals surface area contributed by atoms with E-state index in [4.69, 9.17) is 0 Å². The minimum Gasteiger partial charge on any atom is -0.338 e. The normalized spacial score (nSPS) is 19.7. The molecule has 1 N–H and O–H groups in total. The smallest absolute Gasteiger partial charge is 0.322 e. The molecule has 2 aliphatic heterocycles. The maximum absolute atomic E-state index is 13.2. The van der Waals surface area contributed by atoms with Crippen LogP contribution in [0.1, 0.15) is 18.4 Å². The summed E-state index contributed by atoms with van der Waals surface area (Å²) in [7, 11) is 0. The van der Waals surface area contributed by atoms with E-state index >= 15 is 0 Å². The lowest BCUT2D eigenvalue weighted by atomic mass is 10.1. The van der Waals surface area contributed by atoms with Gasteiger partial charge in [-0.05, 0) is 42.7 Å². The third kappa shape index (κ3) is 5.02. The number of rotatable bonds is 4. The number of nitrogens with zero attached hydrogens (tertiary/aromatic N) is 3. The second-order valence-corrected chi connectivity index (χ2v) is 8.79. The Labute approximate surface area is 186 Å². The molecule has 0 saturated carbocycles. The number of amides is 3. The van der Waals surface area contributed by atoms with Crippen molar-refractivity contribution < 1.29 is 9.59 Å². The molecule has 0 spiro atoms. The van der Waals surface area contributed by atoms with Gasteiger partial charge in [0, 0.05) is 49.4 Å². The van der Waals surface area contributed by atoms with Gasteiger partial charge in [-0.3, -0.25) is 9.69 Å². The molecule has 0 bridgehead atoms. The summed E-state index contributed by atoms with van der Waals surface area (Å²) in [5.41, 5.74) is 2.03. The molecule has 3 amide bonds. The second kappa shape index (κ2) is 9.62. The zero-order valence-electron chi connectivity index (χ0n) is 17.0. The Hall–Kier alpha value is -2.38. The van der Waals surface area contributed by atoms with Crippen molar-refractivity contribution in [3.63, 3.8) is 0 Å². The summed E-state index contributed by atoms with van der Waals surface area (Å²) in [6.07, 6.45) is 1.59. The third-order valence-corrected chi connectivity index (χ3v) is 6.36. The van der Waals surface area contributed by atoms with Crippen LogP contribution in [0.5, 0.6) is 0 Å². The van der Waals surface area contributed by atoms with Crippen molar-refractivity contribution >= 4 is 33.6 Å². The van der Waals surface area contributed by atoms with Crippen molar-refractivity contribution in [1.82, 2.24) is 14.7 Å². The fraction of sp³-hybridized carbons (Fsp3) is 0.391. The maximum Gasteiger partial charge on any atom is 0.322 e. The van der Waals surface area contributed by atoms with Crippen molar-refractivity contribution in [3.8, 4) is 0 Å². The molecule has 2 fully saturated rings. The SMILES string of the molecule is O=C(C1CCCN1C(=O)Nc1ccc(Br)cc1)N1CCN(Cc2ccccc2)CC1. The Balaban J connectivity index is 1.31. The summed E-state index contributed by atoms with van der Waals surface area (Å²) in [6, 6.07) is 17.3. The number of hydrogen-bond acceptors (Lipinski definition) is 3. The van der Waals surface area contributed by atoms with E-state index in [9.17, 15) is 9.59 Å². The number of urea groups is 1. The highest BCUT2D eigenvalue weighted by molar-refractivity contribution is 9.10. The van der Waals surface area contributed by atoms with E-state index < -0.39 is 0 Å². The monoisotopic (exact) mass is 470 g/mol. The van der Waals surface area contributed by atoms with Crippen molar-refractivity contribution in [2.75, 3.05) is 38.0 Å². The van der Waals surface area contributed by atoms with Crippen molar-refractivity contribution in [1.29, 1.82) is 0 Å². The standard InChI is InChI=1S/C23H27BrN4O2/c24-19-8-10-20(11-9-19)25-23(30)28-12-4-7-21(28)22(29)27-15-13-26(14-16-27)17-18-5-2-1-3-6-18/h1-3,5-6,8-11,21H,4,7,12-17H2,(H,25,30). The number of halogens is 1. The molecule has 1 unspecified atom stereocenters. The van der Waals surface area contributed by atoms with Gasteiger partial charge < -0.3 is 15.1 Å². The number of benzene rings is 2. The summed E-state index contributed by atoms with van der Waals surface area (Å²) in [4.78, 5) is 31.9. The molecule has 0 radical (unpaired) electrons. The first kappa shape index (κ1) is 20.9. The van der Waals surface area contributed by atoms with Crippen LogP contribution in [0.4, 0.5) is 10.5 Å². The lowest BCUT2D eigenvalue weighted by Gasteiger charge is -2.37. The Morgan fingerprint density at radius 2 is 1.63 bits per heavy atom. The highest BCUT2D eigenvalue weighted by Crippen LogP contribution is 2.22. The van der Waals surface area contributed by atoms with E-state index in [0.29, 0.717) is 19.6 Å². The predicted molar refractivity (Wildman–Crippen MR) is 121 cm³/mol. The van der Waals surface area contributed by atoms with Gasteiger partial charge in [0.05, 0.1) is 0 Å². The number of carbonyl (C=O) groups is 2. The number of piperazine rings is 1. The molecule has 6 nitrogen and oxygen atoms in total. The highest BCUT2D eigenvalue weighted by atomic mass is 79.9. The summed E-state index contributed by atoms with van der Waals surface area (Å²) >= 11 is 3.40. The van der Waals surface area contributed by atoms with Crippen LogP contribution in [-0.2, 0) is 11.3 Å². The zero-order valence-corrected chi connectivity index (χ0v) is 18.6. The van der Waals surface area contributed by atoms with E-state index in [-0.39, 0.29) is 18.0 Å². The summed E-state index contributed by atoms with van der Waals surface area (Å²) < 4.78 is 0.959. The fourth-order valence-corrected chi connectivity index (χ4v) is 4.44. The minimum atomic E-state index is -0.360. The van der Waals surface area contributed by atoms with Crippen LogP contribution in [0, 0.1) is 0 Å². The maximum atomic E-state index is 13.2. The van der Waals surface area contributed by atoms with Gasteiger partial charge in [0.25, 0.3) is 0 Å². The second-order valence-electron chi connectivity index (χ2n) is 7.88. The first-order valence-corrected chi connectivity index (χ1v) is 11.3. The quantitative estimate of drug-likeness (QED) is 0.739. The van der Waals surface area contributed by atoms with Crippen LogP contribution in [0.25, 0.3) is 0 Å². The molecular formula is C23H27BrN4O2. The van der Waals surface area contributed by atoms with Crippen LogP contribution >= 0.6 is 15.9 Å². The number of anilines is 1. The van der Waals surface area contributed by atoms with Gasteiger partial charge in [0.1, 0.15) is 6.04 Å². The topological polar surface area (TPSA) is 55.9 Å². The predicted octanol–water partition coefficient (Wildman–Crippen LogP) is 3.79. The molecule has 0 aromatic heterocycles. The Kier molecular flexibility index (Phi) is 6.69. The van der Waals surface area contributed by atoms with Crippen molar-refractivity contribution in [2.45, 2.75) is 25.4 Å². The lowest BCUT2D eigenvalue weighted by molar-refractivity contribution is -0.136. The summed E-state index contributed by atoms with van der Waals surface area (Å²) in [6.45, 7) is 4.67. The van der Waals surface area contributed by atoms with Crippen LogP contribution in [0.2, 0.25) is 0 Å². The molecule has 4 rings (SSSR count). The van der Waals surface area contributed by atoms with Gasteiger partial charge in [0.2, 0.25) is 5.91 Å². The largest absolute Gasteiger partial charge is 0.338 e. The molecular weight excluding hydrogens is 444 g/mol. The molecule has 2 aromatic carbocycles. The summed E-state index contributed by atoms with van der Waals surface area (Å²) in [5, 5.41) is 2.92.